The zero-order valence-corrected chi connectivity index (χ0v) is 10.3. The maximum absolute atomic E-state index is 13.5. The van der Waals surface area contributed by atoms with Gasteiger partial charge in [-0.25, -0.2) is 9.18 Å². The zero-order chi connectivity index (χ0) is 14.7. The summed E-state index contributed by atoms with van der Waals surface area (Å²) in [7, 11) is 0. The fourth-order valence-corrected chi connectivity index (χ4v) is 1.68. The lowest BCUT2D eigenvalue weighted by atomic mass is 10.1. The average Bonchev–Trinajstić information content (AvgIpc) is 2.41. The fraction of sp³-hybridized carbons (Fsp3) is 0. The van der Waals surface area contributed by atoms with Gasteiger partial charge in [-0.05, 0) is 30.3 Å². The van der Waals surface area contributed by atoms with Gasteiger partial charge in [-0.1, -0.05) is 12.1 Å². The predicted octanol–water partition coefficient (Wildman–Crippen LogP) is 2.36. The van der Waals surface area contributed by atoms with Gasteiger partial charge >= 0.3 is 5.97 Å². The maximum atomic E-state index is 13.5. The summed E-state index contributed by atoms with van der Waals surface area (Å²) in [5.41, 5.74) is 5.48. The van der Waals surface area contributed by atoms with Gasteiger partial charge in [-0.3, -0.25) is 4.79 Å². The van der Waals surface area contributed by atoms with Gasteiger partial charge < -0.3 is 16.2 Å². The minimum Gasteiger partial charge on any atom is -0.478 e. The van der Waals surface area contributed by atoms with E-state index in [0.717, 1.165) is 6.07 Å². The molecule has 0 aliphatic carbocycles. The largest absolute Gasteiger partial charge is 0.478 e. The number of rotatable bonds is 3. The molecule has 0 saturated carbocycles. The smallest absolute Gasteiger partial charge is 0.337 e. The molecule has 4 N–H and O–H groups in total. The van der Waals surface area contributed by atoms with E-state index in [1.54, 1.807) is 0 Å². The number of anilines is 2. The van der Waals surface area contributed by atoms with Crippen LogP contribution < -0.4 is 11.1 Å². The molecule has 0 fully saturated rings. The van der Waals surface area contributed by atoms with E-state index in [2.05, 4.69) is 5.32 Å². The third kappa shape index (κ3) is 2.74. The van der Waals surface area contributed by atoms with Crippen molar-refractivity contribution in [3.05, 3.63) is 59.4 Å². The first-order valence-electron chi connectivity index (χ1n) is 5.67. The molecule has 6 heteroatoms. The van der Waals surface area contributed by atoms with Crippen molar-refractivity contribution in [2.75, 3.05) is 11.1 Å². The minimum absolute atomic E-state index is 0.0555. The van der Waals surface area contributed by atoms with Crippen LogP contribution in [0.15, 0.2) is 42.5 Å². The first-order chi connectivity index (χ1) is 9.49. The summed E-state index contributed by atoms with van der Waals surface area (Å²) in [4.78, 5) is 23.0. The lowest BCUT2D eigenvalue weighted by molar-refractivity contribution is 0.0698. The van der Waals surface area contributed by atoms with E-state index >= 15 is 0 Å². The Morgan fingerprint density at radius 2 is 1.80 bits per heavy atom. The zero-order valence-electron chi connectivity index (χ0n) is 10.3. The van der Waals surface area contributed by atoms with E-state index in [-0.39, 0.29) is 22.5 Å². The molecule has 0 heterocycles. The van der Waals surface area contributed by atoms with E-state index < -0.39 is 17.7 Å². The van der Waals surface area contributed by atoms with Gasteiger partial charge in [0, 0.05) is 5.69 Å². The minimum atomic E-state index is -1.24. The molecule has 0 saturated heterocycles. The highest BCUT2D eigenvalue weighted by molar-refractivity contribution is 6.08. The van der Waals surface area contributed by atoms with Gasteiger partial charge in [-0.2, -0.15) is 0 Å². The molecule has 0 spiro atoms. The molecular weight excluding hydrogens is 263 g/mol. The molecule has 0 aliphatic heterocycles. The molecule has 2 aromatic carbocycles. The van der Waals surface area contributed by atoms with E-state index in [1.165, 1.54) is 36.4 Å². The Labute approximate surface area is 113 Å². The summed E-state index contributed by atoms with van der Waals surface area (Å²) >= 11 is 0. The lowest BCUT2D eigenvalue weighted by Gasteiger charge is -2.09. The van der Waals surface area contributed by atoms with Crippen molar-refractivity contribution in [3.8, 4) is 0 Å². The average molecular weight is 274 g/mol. The van der Waals surface area contributed by atoms with Crippen LogP contribution in [0.5, 0.6) is 0 Å². The quantitative estimate of drug-likeness (QED) is 0.749. The van der Waals surface area contributed by atoms with E-state index in [1.807, 2.05) is 0 Å². The molecule has 2 rings (SSSR count). The standard InChI is InChI=1S/C14H11FN2O3/c15-11-4-2-1-3-9(11)13(18)17-12-6-5-8(16)7-10(12)14(19)20/h1-7H,16H2,(H,17,18)(H,19,20). The first kappa shape index (κ1) is 13.5. The molecule has 102 valence electrons. The van der Waals surface area contributed by atoms with Crippen LogP contribution >= 0.6 is 0 Å². The summed E-state index contributed by atoms with van der Waals surface area (Å²) in [6, 6.07) is 9.45. The highest BCUT2D eigenvalue weighted by Gasteiger charge is 2.16. The molecular formula is C14H11FN2O3. The topological polar surface area (TPSA) is 92.4 Å². The van der Waals surface area contributed by atoms with Crippen LogP contribution in [-0.2, 0) is 0 Å². The number of nitrogen functional groups attached to an aromatic ring is 1. The number of carbonyl (C=O) groups excluding carboxylic acids is 1. The number of carbonyl (C=O) groups is 2. The number of amides is 1. The van der Waals surface area contributed by atoms with Crippen LogP contribution in [0.3, 0.4) is 0 Å². The lowest BCUT2D eigenvalue weighted by Crippen LogP contribution is -2.16. The van der Waals surface area contributed by atoms with Crippen molar-refractivity contribution in [1.82, 2.24) is 0 Å². The number of aromatic carboxylic acids is 1. The molecule has 0 radical (unpaired) electrons. The van der Waals surface area contributed by atoms with E-state index in [9.17, 15) is 14.0 Å². The second-order valence-electron chi connectivity index (χ2n) is 4.04. The van der Waals surface area contributed by atoms with Gasteiger partial charge in [-0.15, -0.1) is 0 Å². The van der Waals surface area contributed by atoms with Crippen LogP contribution in [0.25, 0.3) is 0 Å². The molecule has 2 aromatic rings. The molecule has 1 amide bonds. The van der Waals surface area contributed by atoms with Crippen molar-refractivity contribution in [2.24, 2.45) is 0 Å². The van der Waals surface area contributed by atoms with Crippen molar-refractivity contribution >= 4 is 23.3 Å². The number of hydrogen-bond acceptors (Lipinski definition) is 3. The van der Waals surface area contributed by atoms with Gasteiger partial charge in [0.15, 0.2) is 0 Å². The fourth-order valence-electron chi connectivity index (χ4n) is 1.68. The summed E-state index contributed by atoms with van der Waals surface area (Å²) in [6.45, 7) is 0. The maximum Gasteiger partial charge on any atom is 0.337 e. The third-order valence-corrected chi connectivity index (χ3v) is 2.64. The van der Waals surface area contributed by atoms with Crippen molar-refractivity contribution in [3.63, 3.8) is 0 Å². The molecule has 20 heavy (non-hydrogen) atoms. The van der Waals surface area contributed by atoms with E-state index in [0.29, 0.717) is 0 Å². The second kappa shape index (κ2) is 5.40. The molecule has 0 aromatic heterocycles. The Morgan fingerprint density at radius 1 is 1.10 bits per heavy atom. The highest BCUT2D eigenvalue weighted by Crippen LogP contribution is 2.20. The van der Waals surface area contributed by atoms with Crippen molar-refractivity contribution < 1.29 is 19.1 Å². The summed E-state index contributed by atoms with van der Waals surface area (Å²) in [5.74, 6) is -2.64. The molecule has 5 nitrogen and oxygen atoms in total. The monoisotopic (exact) mass is 274 g/mol. The van der Waals surface area contributed by atoms with Crippen molar-refractivity contribution in [2.45, 2.75) is 0 Å². The normalized spacial score (nSPS) is 10.1. The Balaban J connectivity index is 2.33. The number of nitrogens with two attached hydrogens (primary N) is 1. The number of hydrogen-bond donors (Lipinski definition) is 3. The van der Waals surface area contributed by atoms with Crippen LogP contribution in [0, 0.1) is 5.82 Å². The highest BCUT2D eigenvalue weighted by atomic mass is 19.1. The van der Waals surface area contributed by atoms with Gasteiger partial charge in [0.2, 0.25) is 0 Å². The van der Waals surface area contributed by atoms with Crippen LogP contribution in [-0.4, -0.2) is 17.0 Å². The van der Waals surface area contributed by atoms with Crippen LogP contribution in [0.4, 0.5) is 15.8 Å². The van der Waals surface area contributed by atoms with Gasteiger partial charge in [0.1, 0.15) is 5.82 Å². The molecule has 0 bridgehead atoms. The molecule has 0 aliphatic rings. The Hall–Kier alpha value is -2.89. The molecule has 0 unspecified atom stereocenters. The SMILES string of the molecule is Nc1ccc(NC(=O)c2ccccc2F)c(C(=O)O)c1. The van der Waals surface area contributed by atoms with E-state index in [4.69, 9.17) is 10.8 Å². The number of carboxylic acids is 1. The van der Waals surface area contributed by atoms with Gasteiger partial charge in [0.25, 0.3) is 5.91 Å². The van der Waals surface area contributed by atoms with Gasteiger partial charge in [0.05, 0.1) is 16.8 Å². The summed E-state index contributed by atoms with van der Waals surface area (Å²) in [5, 5.41) is 11.4. The number of halogens is 1. The Kier molecular flexibility index (Phi) is 3.65. The predicted molar refractivity (Wildman–Crippen MR) is 72.2 cm³/mol. The summed E-state index contributed by atoms with van der Waals surface area (Å²) < 4.78 is 13.5. The number of carboxylic acid groups (broad SMARTS) is 1. The number of nitrogens with one attached hydrogen (secondary N) is 1. The number of benzene rings is 2. The Morgan fingerprint density at radius 3 is 2.45 bits per heavy atom. The third-order valence-electron chi connectivity index (χ3n) is 2.64. The first-order valence-corrected chi connectivity index (χ1v) is 5.67. The summed E-state index contributed by atoms with van der Waals surface area (Å²) in [6.07, 6.45) is 0. The van der Waals surface area contributed by atoms with Crippen molar-refractivity contribution in [1.29, 1.82) is 0 Å². The van der Waals surface area contributed by atoms with Crippen LogP contribution in [0.1, 0.15) is 20.7 Å². The Bertz CT molecular complexity index is 686. The van der Waals surface area contributed by atoms with Crippen LogP contribution in [0.2, 0.25) is 0 Å². The second-order valence-corrected chi connectivity index (χ2v) is 4.04. The molecule has 0 atom stereocenters.